The summed E-state index contributed by atoms with van der Waals surface area (Å²) in [6.45, 7) is 0.410. The first-order chi connectivity index (χ1) is 13.5. The number of thioether (sulfide) groups is 1. The molecule has 0 bridgehead atoms. The van der Waals surface area contributed by atoms with Gasteiger partial charge >= 0.3 is 5.97 Å². The fraction of sp³-hybridized carbons (Fsp3) is 0.158. The maximum absolute atomic E-state index is 11.7. The van der Waals surface area contributed by atoms with Crippen LogP contribution in [0.15, 0.2) is 58.7 Å². The standard InChI is InChI=1S/C19H16ClN3O4S/c20-14-6-4-12(5-7-14)11-27-15-3-1-2-13(8-15)10-21-23-19-22-18(26)16(28-19)9-17(24)25/h1-8,10,16H,9,11H2,(H,24,25)(H,22,23,26). The van der Waals surface area contributed by atoms with E-state index < -0.39 is 11.2 Å². The number of hydrogen-bond acceptors (Lipinski definition) is 6. The fourth-order valence-electron chi connectivity index (χ4n) is 2.33. The van der Waals surface area contributed by atoms with Crippen LogP contribution >= 0.6 is 23.4 Å². The Balaban J connectivity index is 1.57. The molecular weight excluding hydrogens is 402 g/mol. The molecule has 1 aliphatic rings. The van der Waals surface area contributed by atoms with E-state index in [9.17, 15) is 9.59 Å². The molecule has 2 aromatic rings. The van der Waals surface area contributed by atoms with Crippen molar-refractivity contribution >= 4 is 46.6 Å². The topological polar surface area (TPSA) is 100 Å². The van der Waals surface area contributed by atoms with E-state index in [4.69, 9.17) is 21.4 Å². The molecule has 28 heavy (non-hydrogen) atoms. The summed E-state index contributed by atoms with van der Waals surface area (Å²) in [5.41, 5.74) is 1.77. The monoisotopic (exact) mass is 417 g/mol. The number of halogens is 1. The van der Waals surface area contributed by atoms with E-state index in [-0.39, 0.29) is 17.5 Å². The molecule has 0 radical (unpaired) electrons. The van der Waals surface area contributed by atoms with Crippen molar-refractivity contribution in [3.05, 3.63) is 64.7 Å². The number of ether oxygens (including phenoxy) is 1. The van der Waals surface area contributed by atoms with Gasteiger partial charge in [-0.3, -0.25) is 9.59 Å². The molecular formula is C19H16ClN3O4S. The molecule has 1 amide bonds. The quantitative estimate of drug-likeness (QED) is 0.531. The van der Waals surface area contributed by atoms with E-state index in [1.54, 1.807) is 0 Å². The molecule has 1 unspecified atom stereocenters. The Morgan fingerprint density at radius 2 is 2.07 bits per heavy atom. The smallest absolute Gasteiger partial charge is 0.305 e. The van der Waals surface area contributed by atoms with Crippen LogP contribution < -0.4 is 10.1 Å². The highest BCUT2D eigenvalue weighted by Gasteiger charge is 2.32. The number of aliphatic carboxylic acids is 1. The largest absolute Gasteiger partial charge is 0.489 e. The van der Waals surface area contributed by atoms with Crippen molar-refractivity contribution in [2.24, 2.45) is 10.2 Å². The lowest BCUT2D eigenvalue weighted by molar-refractivity contribution is -0.138. The van der Waals surface area contributed by atoms with Gasteiger partial charge in [-0.05, 0) is 35.4 Å². The number of carboxylic acids is 1. The number of nitrogens with one attached hydrogen (secondary N) is 1. The van der Waals surface area contributed by atoms with Crippen LogP contribution in [0.25, 0.3) is 0 Å². The maximum Gasteiger partial charge on any atom is 0.305 e. The van der Waals surface area contributed by atoms with Crippen molar-refractivity contribution in [2.45, 2.75) is 18.3 Å². The van der Waals surface area contributed by atoms with Gasteiger partial charge in [0.05, 0.1) is 12.6 Å². The second-order valence-electron chi connectivity index (χ2n) is 5.83. The summed E-state index contributed by atoms with van der Waals surface area (Å²) >= 11 is 6.92. The molecule has 7 nitrogen and oxygen atoms in total. The first-order valence-corrected chi connectivity index (χ1v) is 9.53. The summed E-state index contributed by atoms with van der Waals surface area (Å²) < 4.78 is 5.76. The summed E-state index contributed by atoms with van der Waals surface area (Å²) in [6.07, 6.45) is 1.27. The van der Waals surface area contributed by atoms with Crippen LogP contribution in [0.1, 0.15) is 17.5 Å². The number of amidine groups is 1. The summed E-state index contributed by atoms with van der Waals surface area (Å²) in [6, 6.07) is 14.7. The zero-order chi connectivity index (χ0) is 19.9. The maximum atomic E-state index is 11.7. The summed E-state index contributed by atoms with van der Waals surface area (Å²) in [5, 5.41) is 19.4. The van der Waals surface area contributed by atoms with E-state index in [1.807, 2.05) is 48.5 Å². The van der Waals surface area contributed by atoms with Gasteiger partial charge in [-0.1, -0.05) is 47.6 Å². The number of rotatable bonds is 7. The van der Waals surface area contributed by atoms with Crippen molar-refractivity contribution in [1.82, 2.24) is 5.32 Å². The Kier molecular flexibility index (Phi) is 6.67. The van der Waals surface area contributed by atoms with E-state index >= 15 is 0 Å². The van der Waals surface area contributed by atoms with Gasteiger partial charge in [0.15, 0.2) is 5.17 Å². The molecule has 9 heteroatoms. The number of hydrogen-bond donors (Lipinski definition) is 2. The molecule has 2 N–H and O–H groups in total. The second kappa shape index (κ2) is 9.38. The third-order valence-corrected chi connectivity index (χ3v) is 4.99. The van der Waals surface area contributed by atoms with Crippen LogP contribution in [0.2, 0.25) is 5.02 Å². The molecule has 0 aromatic heterocycles. The Labute approximate surface area is 170 Å². The molecule has 1 aliphatic heterocycles. The molecule has 1 saturated heterocycles. The summed E-state index contributed by atoms with van der Waals surface area (Å²) in [4.78, 5) is 22.4. The van der Waals surface area contributed by atoms with Crippen molar-refractivity contribution < 1.29 is 19.4 Å². The summed E-state index contributed by atoms with van der Waals surface area (Å²) in [7, 11) is 0. The molecule has 0 saturated carbocycles. The predicted molar refractivity (Wildman–Crippen MR) is 109 cm³/mol. The molecule has 144 valence electrons. The van der Waals surface area contributed by atoms with Crippen molar-refractivity contribution in [3.63, 3.8) is 0 Å². The van der Waals surface area contributed by atoms with Crippen LogP contribution in [0, 0.1) is 0 Å². The highest BCUT2D eigenvalue weighted by atomic mass is 35.5. The van der Waals surface area contributed by atoms with Crippen molar-refractivity contribution in [2.75, 3.05) is 0 Å². The third-order valence-electron chi connectivity index (χ3n) is 3.67. The Hall–Kier alpha value is -2.84. The molecule has 3 rings (SSSR count). The summed E-state index contributed by atoms with van der Waals surface area (Å²) in [5.74, 6) is -0.733. The number of carboxylic acid groups (broad SMARTS) is 1. The number of amides is 1. The van der Waals surface area contributed by atoms with Gasteiger partial charge in [0.2, 0.25) is 5.91 Å². The highest BCUT2D eigenvalue weighted by Crippen LogP contribution is 2.22. The van der Waals surface area contributed by atoms with Crippen LogP contribution in [0.5, 0.6) is 5.75 Å². The lowest BCUT2D eigenvalue weighted by atomic mass is 10.2. The highest BCUT2D eigenvalue weighted by molar-refractivity contribution is 8.15. The van der Waals surface area contributed by atoms with Gasteiger partial charge in [-0.2, -0.15) is 5.10 Å². The van der Waals surface area contributed by atoms with Gasteiger partial charge in [0.1, 0.15) is 17.6 Å². The number of benzene rings is 2. The van der Waals surface area contributed by atoms with Crippen molar-refractivity contribution in [3.8, 4) is 5.75 Å². The minimum Gasteiger partial charge on any atom is -0.489 e. The zero-order valence-electron chi connectivity index (χ0n) is 14.5. The minimum absolute atomic E-state index is 0.258. The minimum atomic E-state index is -1.03. The average molecular weight is 418 g/mol. The number of carbonyl (C=O) groups is 2. The van der Waals surface area contributed by atoms with E-state index in [0.717, 1.165) is 22.9 Å². The lowest BCUT2D eigenvalue weighted by Crippen LogP contribution is -2.26. The number of nitrogens with zero attached hydrogens (tertiary/aromatic N) is 2. The van der Waals surface area contributed by atoms with Crippen molar-refractivity contribution in [1.29, 1.82) is 0 Å². The Morgan fingerprint density at radius 1 is 1.29 bits per heavy atom. The fourth-order valence-corrected chi connectivity index (χ4v) is 3.37. The van der Waals surface area contributed by atoms with E-state index in [0.29, 0.717) is 17.4 Å². The zero-order valence-corrected chi connectivity index (χ0v) is 16.1. The van der Waals surface area contributed by atoms with Crippen LogP contribution in [-0.2, 0) is 16.2 Å². The molecule has 2 aromatic carbocycles. The molecule has 0 aliphatic carbocycles. The molecule has 0 spiro atoms. The molecule has 1 fully saturated rings. The number of carbonyl (C=O) groups excluding carboxylic acids is 1. The van der Waals surface area contributed by atoms with Gasteiger partial charge in [0, 0.05) is 5.02 Å². The first kappa shape index (κ1) is 19.9. The van der Waals surface area contributed by atoms with Gasteiger partial charge < -0.3 is 15.2 Å². The van der Waals surface area contributed by atoms with Gasteiger partial charge in [-0.15, -0.1) is 5.10 Å². The molecule has 1 heterocycles. The first-order valence-electron chi connectivity index (χ1n) is 8.27. The SMILES string of the molecule is O=C(O)CC1S/C(=N/N=Cc2cccc(OCc3ccc(Cl)cc3)c2)NC1=O. The average Bonchev–Trinajstić information content (AvgIpc) is 3.00. The van der Waals surface area contributed by atoms with Crippen LogP contribution in [-0.4, -0.2) is 33.6 Å². The van der Waals surface area contributed by atoms with Gasteiger partial charge in [0.25, 0.3) is 0 Å². The van der Waals surface area contributed by atoms with E-state index in [1.165, 1.54) is 6.21 Å². The second-order valence-corrected chi connectivity index (χ2v) is 7.46. The Bertz CT molecular complexity index is 931. The lowest BCUT2D eigenvalue weighted by Gasteiger charge is -2.07. The van der Waals surface area contributed by atoms with Crippen LogP contribution in [0.3, 0.4) is 0 Å². The van der Waals surface area contributed by atoms with E-state index in [2.05, 4.69) is 15.5 Å². The van der Waals surface area contributed by atoms with Crippen LogP contribution in [0.4, 0.5) is 0 Å². The third kappa shape index (κ3) is 5.83. The Morgan fingerprint density at radius 3 is 2.82 bits per heavy atom. The van der Waals surface area contributed by atoms with Gasteiger partial charge in [-0.25, -0.2) is 0 Å². The molecule has 1 atom stereocenters. The normalized spacial score (nSPS) is 17.8. The predicted octanol–water partition coefficient (Wildman–Crippen LogP) is 3.32.